The SMILES string of the molecule is Cc1cc([O])cc(C)c1N. The van der Waals surface area contributed by atoms with E-state index in [-0.39, 0.29) is 5.75 Å². The number of aryl methyl sites for hydroxylation is 2. The predicted molar refractivity (Wildman–Crippen MR) is 40.5 cm³/mol. The zero-order valence-electron chi connectivity index (χ0n) is 6.14. The molecule has 0 fully saturated rings. The minimum Gasteiger partial charge on any atom is -0.398 e. The molecule has 2 nitrogen and oxygen atoms in total. The van der Waals surface area contributed by atoms with Gasteiger partial charge >= 0.3 is 0 Å². The van der Waals surface area contributed by atoms with Gasteiger partial charge in [-0.05, 0) is 37.1 Å². The van der Waals surface area contributed by atoms with Gasteiger partial charge in [-0.2, -0.15) is 0 Å². The molecular weight excluding hydrogens is 126 g/mol. The lowest BCUT2D eigenvalue weighted by Crippen LogP contribution is -1.91. The van der Waals surface area contributed by atoms with Crippen LogP contribution in [0.15, 0.2) is 12.1 Å². The van der Waals surface area contributed by atoms with Gasteiger partial charge in [-0.1, -0.05) is 0 Å². The van der Waals surface area contributed by atoms with Gasteiger partial charge in [0.15, 0.2) is 5.75 Å². The number of rotatable bonds is 0. The average Bonchev–Trinajstić information content (AvgIpc) is 1.82. The van der Waals surface area contributed by atoms with E-state index in [0.717, 1.165) is 16.8 Å². The maximum absolute atomic E-state index is 10.8. The Morgan fingerprint density at radius 3 is 2.00 bits per heavy atom. The number of hydrogen-bond donors (Lipinski definition) is 1. The van der Waals surface area contributed by atoms with Crippen molar-refractivity contribution in [2.45, 2.75) is 13.8 Å². The zero-order chi connectivity index (χ0) is 7.72. The van der Waals surface area contributed by atoms with Crippen LogP contribution in [0.4, 0.5) is 5.69 Å². The molecule has 0 spiro atoms. The minimum atomic E-state index is 0.0317. The quantitative estimate of drug-likeness (QED) is 0.545. The smallest absolute Gasteiger partial charge is 0.179 e. The Bertz CT molecular complexity index is 232. The van der Waals surface area contributed by atoms with Crippen molar-refractivity contribution in [3.8, 4) is 5.75 Å². The van der Waals surface area contributed by atoms with Gasteiger partial charge in [-0.25, -0.2) is 0 Å². The third-order valence-corrected chi connectivity index (χ3v) is 1.57. The van der Waals surface area contributed by atoms with Crippen LogP contribution in [-0.4, -0.2) is 0 Å². The van der Waals surface area contributed by atoms with Gasteiger partial charge in [0.1, 0.15) is 0 Å². The van der Waals surface area contributed by atoms with Crippen LogP contribution >= 0.6 is 0 Å². The summed E-state index contributed by atoms with van der Waals surface area (Å²) >= 11 is 0. The summed E-state index contributed by atoms with van der Waals surface area (Å²) < 4.78 is 0. The van der Waals surface area contributed by atoms with Crippen LogP contribution in [0.1, 0.15) is 11.1 Å². The standard InChI is InChI=1S/C8H10NO/c1-5-3-7(10)4-6(2)8(5)9/h3-4H,9H2,1-2H3. The highest BCUT2D eigenvalue weighted by Gasteiger charge is 1.99. The monoisotopic (exact) mass is 136 g/mol. The molecule has 1 aromatic rings. The summed E-state index contributed by atoms with van der Waals surface area (Å²) in [4.78, 5) is 0. The first-order valence-corrected chi connectivity index (χ1v) is 3.15. The molecule has 0 unspecified atom stereocenters. The Balaban J connectivity index is 3.31. The Kier molecular flexibility index (Phi) is 1.53. The van der Waals surface area contributed by atoms with E-state index in [2.05, 4.69) is 0 Å². The van der Waals surface area contributed by atoms with E-state index >= 15 is 0 Å². The molecule has 1 radical (unpaired) electrons. The Morgan fingerprint density at radius 2 is 1.60 bits per heavy atom. The summed E-state index contributed by atoms with van der Waals surface area (Å²) in [6.45, 7) is 3.67. The molecule has 2 heteroatoms. The summed E-state index contributed by atoms with van der Waals surface area (Å²) in [5.41, 5.74) is 8.07. The second-order valence-electron chi connectivity index (χ2n) is 2.47. The molecule has 53 valence electrons. The van der Waals surface area contributed by atoms with Gasteiger partial charge in [0, 0.05) is 5.69 Å². The van der Waals surface area contributed by atoms with Crippen molar-refractivity contribution in [3.05, 3.63) is 23.3 Å². The first-order chi connectivity index (χ1) is 4.61. The van der Waals surface area contributed by atoms with Crippen LogP contribution in [0.25, 0.3) is 0 Å². The third kappa shape index (κ3) is 1.05. The lowest BCUT2D eigenvalue weighted by atomic mass is 10.1. The molecule has 10 heavy (non-hydrogen) atoms. The lowest BCUT2D eigenvalue weighted by molar-refractivity contribution is 0.354. The van der Waals surface area contributed by atoms with Gasteiger partial charge in [0.2, 0.25) is 0 Å². The van der Waals surface area contributed by atoms with Crippen molar-refractivity contribution >= 4 is 5.69 Å². The van der Waals surface area contributed by atoms with Crippen molar-refractivity contribution in [2.75, 3.05) is 5.73 Å². The molecule has 0 amide bonds. The van der Waals surface area contributed by atoms with Gasteiger partial charge < -0.3 is 5.73 Å². The highest BCUT2D eigenvalue weighted by molar-refractivity contribution is 5.55. The van der Waals surface area contributed by atoms with Crippen LogP contribution < -0.4 is 5.73 Å². The van der Waals surface area contributed by atoms with E-state index in [1.54, 1.807) is 12.1 Å². The van der Waals surface area contributed by atoms with E-state index in [0.29, 0.717) is 0 Å². The maximum atomic E-state index is 10.8. The van der Waals surface area contributed by atoms with Crippen LogP contribution in [0, 0.1) is 13.8 Å². The number of nitrogens with two attached hydrogens (primary N) is 1. The van der Waals surface area contributed by atoms with E-state index < -0.39 is 0 Å². The lowest BCUT2D eigenvalue weighted by Gasteiger charge is -2.02. The fourth-order valence-electron chi connectivity index (χ4n) is 0.935. The van der Waals surface area contributed by atoms with Crippen molar-refractivity contribution < 1.29 is 5.11 Å². The molecule has 0 aliphatic heterocycles. The summed E-state index contributed by atoms with van der Waals surface area (Å²) in [5.74, 6) is 0.0317. The first-order valence-electron chi connectivity index (χ1n) is 3.15. The topological polar surface area (TPSA) is 45.9 Å². The Labute approximate surface area is 60.3 Å². The largest absolute Gasteiger partial charge is 0.398 e. The molecule has 1 rings (SSSR count). The fraction of sp³-hybridized carbons (Fsp3) is 0.250. The number of benzene rings is 1. The van der Waals surface area contributed by atoms with Crippen LogP contribution in [0.5, 0.6) is 5.75 Å². The molecule has 0 heterocycles. The predicted octanol–water partition coefficient (Wildman–Crippen LogP) is 2.03. The Hall–Kier alpha value is -1.18. The summed E-state index contributed by atoms with van der Waals surface area (Å²) in [5, 5.41) is 10.8. The fourth-order valence-corrected chi connectivity index (χ4v) is 0.935. The van der Waals surface area contributed by atoms with Gasteiger partial charge in [-0.15, -0.1) is 0 Å². The van der Waals surface area contributed by atoms with E-state index in [9.17, 15) is 5.11 Å². The molecule has 2 N–H and O–H groups in total. The van der Waals surface area contributed by atoms with Crippen molar-refractivity contribution in [1.82, 2.24) is 0 Å². The van der Waals surface area contributed by atoms with Crippen LogP contribution in [0.2, 0.25) is 0 Å². The summed E-state index contributed by atoms with van der Waals surface area (Å²) in [6.07, 6.45) is 0. The molecule has 0 saturated carbocycles. The second-order valence-corrected chi connectivity index (χ2v) is 2.47. The van der Waals surface area contributed by atoms with Crippen LogP contribution in [0.3, 0.4) is 0 Å². The minimum absolute atomic E-state index is 0.0317. The summed E-state index contributed by atoms with van der Waals surface area (Å²) in [7, 11) is 0. The summed E-state index contributed by atoms with van der Waals surface area (Å²) in [6, 6.07) is 3.09. The van der Waals surface area contributed by atoms with Crippen molar-refractivity contribution in [2.24, 2.45) is 0 Å². The van der Waals surface area contributed by atoms with Crippen molar-refractivity contribution in [1.29, 1.82) is 0 Å². The molecule has 1 aromatic carbocycles. The molecule has 0 aliphatic rings. The molecule has 0 bridgehead atoms. The van der Waals surface area contributed by atoms with Crippen LogP contribution in [-0.2, 0) is 5.11 Å². The normalized spacial score (nSPS) is 9.80. The molecule has 0 saturated heterocycles. The number of nitrogen functional groups attached to an aromatic ring is 1. The third-order valence-electron chi connectivity index (χ3n) is 1.57. The molecule has 0 atom stereocenters. The highest BCUT2D eigenvalue weighted by Crippen LogP contribution is 2.22. The molecule has 0 aromatic heterocycles. The van der Waals surface area contributed by atoms with E-state index in [1.165, 1.54) is 0 Å². The van der Waals surface area contributed by atoms with E-state index in [4.69, 9.17) is 5.73 Å². The molecular formula is C8H10NO. The van der Waals surface area contributed by atoms with E-state index in [1.807, 2.05) is 13.8 Å². The maximum Gasteiger partial charge on any atom is 0.179 e. The number of anilines is 1. The second kappa shape index (κ2) is 2.21. The van der Waals surface area contributed by atoms with Gasteiger partial charge in [-0.3, -0.25) is 5.11 Å². The average molecular weight is 136 g/mol. The zero-order valence-corrected chi connectivity index (χ0v) is 6.14. The number of hydrogen-bond acceptors (Lipinski definition) is 1. The first kappa shape index (κ1) is 6.93. The van der Waals surface area contributed by atoms with Gasteiger partial charge in [0.25, 0.3) is 0 Å². The van der Waals surface area contributed by atoms with Crippen molar-refractivity contribution in [3.63, 3.8) is 0 Å². The highest BCUT2D eigenvalue weighted by atomic mass is 16.3. The molecule has 0 aliphatic carbocycles. The van der Waals surface area contributed by atoms with Gasteiger partial charge in [0.05, 0.1) is 0 Å². The Morgan fingerprint density at radius 1 is 1.20 bits per heavy atom.